The number of anilines is 1. The summed E-state index contributed by atoms with van der Waals surface area (Å²) in [6, 6.07) is 2.19. The summed E-state index contributed by atoms with van der Waals surface area (Å²) in [6.45, 7) is 5.10. The molecule has 7 nitrogen and oxygen atoms in total. The van der Waals surface area contributed by atoms with Gasteiger partial charge in [0.1, 0.15) is 0 Å². The number of benzene rings is 1. The normalized spacial score (nSPS) is 15.3. The first-order valence-electron chi connectivity index (χ1n) is 11.1. The monoisotopic (exact) mass is 481 g/mol. The molecule has 1 aromatic carbocycles. The van der Waals surface area contributed by atoms with Crippen molar-refractivity contribution < 1.29 is 22.3 Å². The summed E-state index contributed by atoms with van der Waals surface area (Å²) in [5, 5.41) is 4.23. The number of hydrogen-bond donors (Lipinski definition) is 0. The molecule has 1 saturated heterocycles. The van der Waals surface area contributed by atoms with Crippen LogP contribution in [-0.2, 0) is 17.5 Å². The molecule has 1 aliphatic rings. The molecule has 4 rings (SSSR count). The van der Waals surface area contributed by atoms with Crippen molar-refractivity contribution in [3.63, 3.8) is 0 Å². The summed E-state index contributed by atoms with van der Waals surface area (Å²) in [4.78, 5) is 14.7. The predicted molar refractivity (Wildman–Crippen MR) is 119 cm³/mol. The van der Waals surface area contributed by atoms with Gasteiger partial charge in [0, 0.05) is 62.2 Å². The van der Waals surface area contributed by atoms with Crippen LogP contribution in [0.25, 0.3) is 5.69 Å². The molecular weight excluding hydrogens is 454 g/mol. The van der Waals surface area contributed by atoms with Crippen LogP contribution in [0.4, 0.5) is 23.2 Å². The Balaban J connectivity index is 1.73. The molecule has 0 bridgehead atoms. The zero-order valence-electron chi connectivity index (χ0n) is 19.2. The van der Waals surface area contributed by atoms with E-state index in [-0.39, 0.29) is 24.3 Å². The highest BCUT2D eigenvalue weighted by atomic mass is 19.4. The molecule has 0 amide bonds. The highest BCUT2D eigenvalue weighted by molar-refractivity contribution is 5.57. The van der Waals surface area contributed by atoms with Gasteiger partial charge in [-0.25, -0.2) is 9.18 Å². The number of nitrogens with zero attached hydrogens (tertiary/aromatic N) is 5. The number of rotatable bonds is 6. The number of alkyl halides is 3. The molecule has 1 aliphatic heterocycles. The summed E-state index contributed by atoms with van der Waals surface area (Å²) in [7, 11) is 1.67. The van der Waals surface area contributed by atoms with E-state index in [1.807, 2.05) is 13.8 Å². The third-order valence-electron chi connectivity index (χ3n) is 6.13. The first kappa shape index (κ1) is 24.1. The van der Waals surface area contributed by atoms with Gasteiger partial charge >= 0.3 is 11.9 Å². The lowest BCUT2D eigenvalue weighted by molar-refractivity contribution is -0.139. The van der Waals surface area contributed by atoms with Gasteiger partial charge in [0.15, 0.2) is 5.82 Å². The van der Waals surface area contributed by atoms with Crippen molar-refractivity contribution in [3.8, 4) is 5.69 Å². The molecule has 2 aromatic heterocycles. The maximum atomic E-state index is 15.1. The average molecular weight is 481 g/mol. The minimum Gasteiger partial charge on any atom is -0.381 e. The fraction of sp³-hybridized carbons (Fsp3) is 0.478. The maximum absolute atomic E-state index is 15.1. The third-order valence-corrected chi connectivity index (χ3v) is 6.13. The standard InChI is InChI=1S/C23H27F4N5O2/c1-15(2)32-14-16(12-28-32)13-30-6-7-31(22(30)33)20-11-18(10-19(21(20)24)23(25,26)27)29(3)17-4-8-34-9-5-17/h6-7,10-12,14-15,17H,4-5,8-9,13H2,1-3H3. The molecule has 0 radical (unpaired) electrons. The van der Waals surface area contributed by atoms with Crippen molar-refractivity contribution in [2.75, 3.05) is 25.2 Å². The molecule has 11 heteroatoms. The van der Waals surface area contributed by atoms with Crippen LogP contribution in [-0.4, -0.2) is 45.2 Å². The lowest BCUT2D eigenvalue weighted by Gasteiger charge is -2.33. The molecule has 3 heterocycles. The van der Waals surface area contributed by atoms with Crippen LogP contribution in [0.5, 0.6) is 0 Å². The van der Waals surface area contributed by atoms with E-state index in [0.29, 0.717) is 26.1 Å². The Kier molecular flexibility index (Phi) is 6.57. The van der Waals surface area contributed by atoms with Gasteiger partial charge < -0.3 is 9.64 Å². The smallest absolute Gasteiger partial charge is 0.381 e. The third kappa shape index (κ3) is 4.75. The van der Waals surface area contributed by atoms with Crippen molar-refractivity contribution in [1.29, 1.82) is 0 Å². The van der Waals surface area contributed by atoms with E-state index in [1.165, 1.54) is 23.0 Å². The van der Waals surface area contributed by atoms with Crippen molar-refractivity contribution >= 4 is 5.69 Å². The Morgan fingerprint density at radius 1 is 1.21 bits per heavy atom. The lowest BCUT2D eigenvalue weighted by atomic mass is 10.0. The summed E-state index contributed by atoms with van der Waals surface area (Å²) in [5.74, 6) is -1.48. The fourth-order valence-electron chi connectivity index (χ4n) is 4.12. The van der Waals surface area contributed by atoms with Crippen molar-refractivity contribution in [3.05, 3.63) is 64.3 Å². The van der Waals surface area contributed by atoms with Crippen LogP contribution >= 0.6 is 0 Å². The van der Waals surface area contributed by atoms with Gasteiger partial charge in [-0.1, -0.05) is 0 Å². The lowest BCUT2D eigenvalue weighted by Crippen LogP contribution is -2.37. The molecule has 0 saturated carbocycles. The summed E-state index contributed by atoms with van der Waals surface area (Å²) < 4.78 is 65.5. The topological polar surface area (TPSA) is 57.2 Å². The Morgan fingerprint density at radius 3 is 2.53 bits per heavy atom. The first-order valence-corrected chi connectivity index (χ1v) is 11.1. The van der Waals surface area contributed by atoms with Gasteiger partial charge in [0.2, 0.25) is 0 Å². The van der Waals surface area contributed by atoms with Crippen molar-refractivity contribution in [2.24, 2.45) is 0 Å². The number of halogens is 4. The molecule has 0 spiro atoms. The van der Waals surface area contributed by atoms with Crippen LogP contribution in [0, 0.1) is 5.82 Å². The highest BCUT2D eigenvalue weighted by Crippen LogP contribution is 2.37. The zero-order valence-corrected chi connectivity index (χ0v) is 19.2. The van der Waals surface area contributed by atoms with Crippen LogP contribution in [0.2, 0.25) is 0 Å². The van der Waals surface area contributed by atoms with E-state index < -0.39 is 28.9 Å². The maximum Gasteiger partial charge on any atom is 0.419 e. The van der Waals surface area contributed by atoms with E-state index >= 15 is 4.39 Å². The molecule has 34 heavy (non-hydrogen) atoms. The summed E-state index contributed by atoms with van der Waals surface area (Å²) in [6.07, 6.45) is 2.50. The second-order valence-electron chi connectivity index (χ2n) is 8.78. The number of ether oxygens (including phenoxy) is 1. The second kappa shape index (κ2) is 9.28. The Morgan fingerprint density at radius 2 is 1.91 bits per heavy atom. The second-order valence-corrected chi connectivity index (χ2v) is 8.78. The molecule has 184 valence electrons. The number of hydrogen-bond acceptors (Lipinski definition) is 4. The molecule has 0 unspecified atom stereocenters. The van der Waals surface area contributed by atoms with Gasteiger partial charge in [0.25, 0.3) is 0 Å². The predicted octanol–water partition coefficient (Wildman–Crippen LogP) is 4.24. The Labute approximate surface area is 194 Å². The zero-order chi connectivity index (χ0) is 24.6. The van der Waals surface area contributed by atoms with E-state index in [0.717, 1.165) is 16.2 Å². The van der Waals surface area contributed by atoms with E-state index in [4.69, 9.17) is 4.74 Å². The molecular formula is C23H27F4N5O2. The van der Waals surface area contributed by atoms with E-state index in [1.54, 1.807) is 29.0 Å². The first-order chi connectivity index (χ1) is 16.1. The quantitative estimate of drug-likeness (QED) is 0.495. The van der Waals surface area contributed by atoms with E-state index in [2.05, 4.69) is 5.10 Å². The summed E-state index contributed by atoms with van der Waals surface area (Å²) in [5.41, 5.74) is -1.55. The molecule has 0 atom stereocenters. The summed E-state index contributed by atoms with van der Waals surface area (Å²) >= 11 is 0. The highest BCUT2D eigenvalue weighted by Gasteiger charge is 2.37. The van der Waals surface area contributed by atoms with Crippen molar-refractivity contribution in [1.82, 2.24) is 18.9 Å². The van der Waals surface area contributed by atoms with Crippen LogP contribution < -0.4 is 10.6 Å². The fourth-order valence-corrected chi connectivity index (χ4v) is 4.12. The average Bonchev–Trinajstić information content (AvgIpc) is 3.41. The SMILES string of the molecule is CC(C)n1cc(Cn2ccn(-c3cc(N(C)C4CCOCC4)cc(C(F)(F)F)c3F)c2=O)cn1. The van der Waals surface area contributed by atoms with Gasteiger partial charge in [-0.05, 0) is 38.8 Å². The molecule has 0 aliphatic carbocycles. The molecule has 1 fully saturated rings. The number of aromatic nitrogens is 4. The van der Waals surface area contributed by atoms with Gasteiger partial charge in [0.05, 0.1) is 24.0 Å². The number of imidazole rings is 1. The van der Waals surface area contributed by atoms with Gasteiger partial charge in [-0.3, -0.25) is 13.8 Å². The largest absolute Gasteiger partial charge is 0.419 e. The van der Waals surface area contributed by atoms with E-state index in [9.17, 15) is 18.0 Å². The molecule has 0 N–H and O–H groups in total. The Bertz CT molecular complexity index is 1200. The van der Waals surface area contributed by atoms with Crippen LogP contribution in [0.15, 0.2) is 41.7 Å². The van der Waals surface area contributed by atoms with Crippen LogP contribution in [0.1, 0.15) is 43.9 Å². The minimum absolute atomic E-state index is 0.0491. The minimum atomic E-state index is -4.91. The molecule has 3 aromatic rings. The van der Waals surface area contributed by atoms with Crippen molar-refractivity contribution in [2.45, 2.75) is 51.5 Å². The van der Waals surface area contributed by atoms with Gasteiger partial charge in [-0.2, -0.15) is 18.3 Å². The Hall–Kier alpha value is -3.08. The van der Waals surface area contributed by atoms with Crippen LogP contribution in [0.3, 0.4) is 0 Å². The van der Waals surface area contributed by atoms with Gasteiger partial charge in [-0.15, -0.1) is 0 Å².